The molecule has 3 saturated carbocycles. The fraction of sp³-hybridized carbons (Fsp3) is 0.893. The highest BCUT2D eigenvalue weighted by Gasteiger charge is 2.72. The fourth-order valence-electron chi connectivity index (χ4n) is 8.10. The number of carbonyl (C=O) groups is 1. The highest BCUT2D eigenvalue weighted by molar-refractivity contribution is 5.68. The molecule has 0 saturated heterocycles. The largest absolute Gasteiger partial charge is 0.445 e. The lowest BCUT2D eigenvalue weighted by atomic mass is 9.56. The summed E-state index contributed by atoms with van der Waals surface area (Å²) >= 11 is 0. The molecule has 0 heterocycles. The highest BCUT2D eigenvalue weighted by Crippen LogP contribution is 2.71. The molecule has 2 bridgehead atoms. The molecule has 4 N–H and O–H groups in total. The number of rotatable bonds is 5. The highest BCUT2D eigenvalue weighted by atomic mass is 16.6. The van der Waals surface area contributed by atoms with Crippen molar-refractivity contribution in [2.45, 2.75) is 110 Å². The van der Waals surface area contributed by atoms with Crippen molar-refractivity contribution in [1.82, 2.24) is 4.90 Å². The second kappa shape index (κ2) is 9.30. The Hall–Kier alpha value is -1.15. The Labute approximate surface area is 210 Å². The van der Waals surface area contributed by atoms with E-state index in [1.54, 1.807) is 18.9 Å². The minimum atomic E-state index is -1.98. The van der Waals surface area contributed by atoms with Crippen LogP contribution in [-0.4, -0.2) is 75.0 Å². The SMILES string of the molecule is CC[C@H](O)[C@@]1(O)[C@H](O)C(COC(=O)N(C)C2CCCCC2)=C[C@@H]2C(O)[C@]1(C)[C@H](C)C[C@@H]1[C@H]2C1(C)C. The zero-order chi connectivity index (χ0) is 25.9. The molecule has 7 nitrogen and oxygen atoms in total. The zero-order valence-corrected chi connectivity index (χ0v) is 22.4. The molecule has 3 fully saturated rings. The summed E-state index contributed by atoms with van der Waals surface area (Å²) in [4.78, 5) is 14.6. The summed E-state index contributed by atoms with van der Waals surface area (Å²) in [5.41, 5.74) is -2.72. The van der Waals surface area contributed by atoms with Crippen molar-refractivity contribution in [3.05, 3.63) is 11.6 Å². The van der Waals surface area contributed by atoms with Crippen LogP contribution in [0.2, 0.25) is 0 Å². The minimum Gasteiger partial charge on any atom is -0.445 e. The van der Waals surface area contributed by atoms with E-state index in [1.807, 2.05) is 19.9 Å². The van der Waals surface area contributed by atoms with Gasteiger partial charge in [-0.3, -0.25) is 0 Å². The topological polar surface area (TPSA) is 110 Å². The molecule has 0 spiro atoms. The molecule has 4 aliphatic rings. The van der Waals surface area contributed by atoms with Gasteiger partial charge in [0, 0.05) is 24.4 Å². The third-order valence-electron chi connectivity index (χ3n) is 10.9. The predicted molar refractivity (Wildman–Crippen MR) is 133 cm³/mol. The minimum absolute atomic E-state index is 0.0392. The molecule has 4 rings (SSSR count). The first kappa shape index (κ1) is 26.9. The zero-order valence-electron chi connectivity index (χ0n) is 22.4. The Kier molecular flexibility index (Phi) is 7.15. The second-order valence-electron chi connectivity index (χ2n) is 12.7. The third-order valence-corrected chi connectivity index (χ3v) is 10.9. The second-order valence-corrected chi connectivity index (χ2v) is 12.7. The normalized spacial score (nSPS) is 43.8. The van der Waals surface area contributed by atoms with Crippen LogP contribution in [0.4, 0.5) is 4.79 Å². The van der Waals surface area contributed by atoms with Crippen molar-refractivity contribution >= 4 is 6.09 Å². The maximum absolute atomic E-state index is 12.9. The Balaban J connectivity index is 1.67. The average Bonchev–Trinajstić information content (AvgIpc) is 3.42. The van der Waals surface area contributed by atoms with Crippen molar-refractivity contribution in [3.63, 3.8) is 0 Å². The van der Waals surface area contributed by atoms with E-state index in [2.05, 4.69) is 13.8 Å². The summed E-state index contributed by atoms with van der Waals surface area (Å²) in [7, 11) is 1.76. The lowest BCUT2D eigenvalue weighted by molar-refractivity contribution is -0.247. The van der Waals surface area contributed by atoms with Gasteiger partial charge in [0.1, 0.15) is 18.3 Å². The maximum atomic E-state index is 12.9. The molecule has 0 aromatic rings. The van der Waals surface area contributed by atoms with Gasteiger partial charge in [-0.25, -0.2) is 4.79 Å². The van der Waals surface area contributed by atoms with E-state index < -0.39 is 35.4 Å². The molecular weight excluding hydrogens is 446 g/mol. The number of carbonyl (C=O) groups excluding carboxylic acids is 1. The van der Waals surface area contributed by atoms with Gasteiger partial charge in [0.25, 0.3) is 0 Å². The van der Waals surface area contributed by atoms with Gasteiger partial charge in [0.15, 0.2) is 0 Å². The first-order valence-corrected chi connectivity index (χ1v) is 13.7. The average molecular weight is 494 g/mol. The molecule has 0 aliphatic heterocycles. The predicted octanol–water partition coefficient (Wildman–Crippen LogP) is 3.49. The number of hydrogen-bond acceptors (Lipinski definition) is 6. The number of ether oxygens (including phenoxy) is 1. The van der Waals surface area contributed by atoms with Crippen molar-refractivity contribution in [2.24, 2.45) is 34.5 Å². The lowest BCUT2D eigenvalue weighted by Crippen LogP contribution is -2.68. The fourth-order valence-corrected chi connectivity index (χ4v) is 8.10. The van der Waals surface area contributed by atoms with Gasteiger partial charge in [-0.05, 0) is 54.4 Å². The van der Waals surface area contributed by atoms with Crippen molar-refractivity contribution in [1.29, 1.82) is 0 Å². The van der Waals surface area contributed by atoms with Gasteiger partial charge in [-0.2, -0.15) is 0 Å². The number of hydrogen-bond donors (Lipinski definition) is 4. The van der Waals surface area contributed by atoms with E-state index in [0.29, 0.717) is 11.5 Å². The van der Waals surface area contributed by atoms with Gasteiger partial charge in [-0.1, -0.05) is 60.0 Å². The van der Waals surface area contributed by atoms with Gasteiger partial charge >= 0.3 is 6.09 Å². The Morgan fingerprint density at radius 2 is 1.83 bits per heavy atom. The van der Waals surface area contributed by atoms with E-state index in [9.17, 15) is 25.2 Å². The Bertz CT molecular complexity index is 837. The van der Waals surface area contributed by atoms with Crippen LogP contribution in [0.5, 0.6) is 0 Å². The summed E-state index contributed by atoms with van der Waals surface area (Å²) in [5.74, 6) is 0.147. The monoisotopic (exact) mass is 493 g/mol. The molecule has 1 amide bonds. The van der Waals surface area contributed by atoms with Gasteiger partial charge < -0.3 is 30.1 Å². The Morgan fingerprint density at radius 3 is 2.43 bits per heavy atom. The number of amides is 1. The summed E-state index contributed by atoms with van der Waals surface area (Å²) in [6.07, 6.45) is 4.10. The molecule has 1 unspecified atom stereocenters. The summed E-state index contributed by atoms with van der Waals surface area (Å²) in [6.45, 7) is 9.84. The maximum Gasteiger partial charge on any atom is 0.410 e. The molecule has 0 aromatic carbocycles. The molecule has 0 radical (unpaired) electrons. The van der Waals surface area contributed by atoms with Crippen LogP contribution >= 0.6 is 0 Å². The summed E-state index contributed by atoms with van der Waals surface area (Å²) < 4.78 is 5.69. The molecule has 0 aromatic heterocycles. The lowest BCUT2D eigenvalue weighted by Gasteiger charge is -2.55. The first-order valence-electron chi connectivity index (χ1n) is 13.7. The molecular formula is C28H47NO6. The van der Waals surface area contributed by atoms with E-state index in [1.165, 1.54) is 6.42 Å². The van der Waals surface area contributed by atoms with Crippen molar-refractivity contribution < 1.29 is 30.0 Å². The number of fused-ring (bicyclic) bond motifs is 4. The van der Waals surface area contributed by atoms with E-state index in [0.717, 1.165) is 32.1 Å². The standard InChI is InChI=1S/C28H47NO6/c1-7-21(30)28(34)23(31)17(15-35-25(33)29(6)18-11-9-8-10-12-18)14-19-22-20(26(22,3)4)13-16(2)27(28,5)24(19)32/h14,16,18-24,30-32,34H,7-13,15H2,1-6H3/t16-,19+,20-,21+,22+,23-,24?,27+,28-/m1/s1. The van der Waals surface area contributed by atoms with Crippen LogP contribution in [0.1, 0.15) is 79.6 Å². The Morgan fingerprint density at radius 1 is 1.20 bits per heavy atom. The summed E-state index contributed by atoms with van der Waals surface area (Å²) in [6, 6.07) is 0.153. The number of aliphatic hydroxyl groups excluding tert-OH is 3. The number of aliphatic hydroxyl groups is 4. The van der Waals surface area contributed by atoms with Crippen LogP contribution in [0.3, 0.4) is 0 Å². The van der Waals surface area contributed by atoms with Crippen LogP contribution in [-0.2, 0) is 4.74 Å². The van der Waals surface area contributed by atoms with Gasteiger partial charge in [0.05, 0.1) is 12.2 Å². The van der Waals surface area contributed by atoms with Gasteiger partial charge in [-0.15, -0.1) is 0 Å². The van der Waals surface area contributed by atoms with Gasteiger partial charge in [0.2, 0.25) is 0 Å². The summed E-state index contributed by atoms with van der Waals surface area (Å²) in [5, 5.41) is 46.7. The van der Waals surface area contributed by atoms with Crippen LogP contribution < -0.4 is 0 Å². The van der Waals surface area contributed by atoms with Crippen LogP contribution in [0.25, 0.3) is 0 Å². The van der Waals surface area contributed by atoms with Crippen molar-refractivity contribution in [2.75, 3.05) is 13.7 Å². The molecule has 200 valence electrons. The molecule has 4 aliphatic carbocycles. The number of nitrogens with zero attached hydrogens (tertiary/aromatic N) is 1. The van der Waals surface area contributed by atoms with E-state index in [-0.39, 0.29) is 42.2 Å². The first-order chi connectivity index (χ1) is 16.3. The van der Waals surface area contributed by atoms with E-state index >= 15 is 0 Å². The molecule has 7 heteroatoms. The smallest absolute Gasteiger partial charge is 0.410 e. The van der Waals surface area contributed by atoms with Crippen LogP contribution in [0, 0.1) is 34.5 Å². The molecule has 35 heavy (non-hydrogen) atoms. The molecule has 9 atom stereocenters. The third kappa shape index (κ3) is 3.96. The quantitative estimate of drug-likeness (QED) is 0.437. The van der Waals surface area contributed by atoms with Crippen molar-refractivity contribution in [3.8, 4) is 0 Å². The van der Waals surface area contributed by atoms with Crippen LogP contribution in [0.15, 0.2) is 11.6 Å². The van der Waals surface area contributed by atoms with E-state index in [4.69, 9.17) is 4.74 Å².